The molecule has 1 aliphatic carbocycles. The second-order valence-electron chi connectivity index (χ2n) is 6.35. The standard InChI is InChI=1S/C19H15F2NO2/c20-14-7-15-17(12(9-23)8-22-15)18(21)16(14)11-1-3-13(4-2-11)19(10-24)5-6-19/h1-4,7-9,22,24H,5-6,10H2. The van der Waals surface area contributed by atoms with E-state index in [0.717, 1.165) is 18.4 Å². The molecule has 0 atom stereocenters. The van der Waals surface area contributed by atoms with E-state index in [-0.39, 0.29) is 34.1 Å². The van der Waals surface area contributed by atoms with E-state index in [4.69, 9.17) is 0 Å². The van der Waals surface area contributed by atoms with Crippen molar-refractivity contribution in [3.8, 4) is 11.1 Å². The van der Waals surface area contributed by atoms with Gasteiger partial charge in [0.25, 0.3) is 0 Å². The summed E-state index contributed by atoms with van der Waals surface area (Å²) in [4.78, 5) is 13.8. The first-order valence-electron chi connectivity index (χ1n) is 7.76. The van der Waals surface area contributed by atoms with Gasteiger partial charge >= 0.3 is 0 Å². The lowest BCUT2D eigenvalue weighted by Crippen LogP contribution is -2.11. The summed E-state index contributed by atoms with van der Waals surface area (Å²) in [7, 11) is 0. The zero-order valence-electron chi connectivity index (χ0n) is 12.8. The van der Waals surface area contributed by atoms with Crippen LogP contribution < -0.4 is 0 Å². The number of rotatable bonds is 4. The molecule has 122 valence electrons. The molecule has 0 radical (unpaired) electrons. The van der Waals surface area contributed by atoms with Crippen molar-refractivity contribution in [2.45, 2.75) is 18.3 Å². The number of aromatic nitrogens is 1. The van der Waals surface area contributed by atoms with Gasteiger partial charge in [-0.15, -0.1) is 0 Å². The Kier molecular flexibility index (Phi) is 3.28. The SMILES string of the molecule is O=Cc1c[nH]c2cc(F)c(-c3ccc(C4(CO)CC4)cc3)c(F)c12. The molecular weight excluding hydrogens is 312 g/mol. The van der Waals surface area contributed by atoms with Crippen LogP contribution >= 0.6 is 0 Å². The minimum absolute atomic E-state index is 0.0765. The van der Waals surface area contributed by atoms with Crippen LogP contribution in [0.1, 0.15) is 28.8 Å². The number of fused-ring (bicyclic) bond motifs is 1. The predicted octanol–water partition coefficient (Wildman–Crippen LogP) is 3.95. The lowest BCUT2D eigenvalue weighted by atomic mass is 9.93. The van der Waals surface area contributed by atoms with Crippen LogP contribution in [0.25, 0.3) is 22.0 Å². The number of nitrogens with one attached hydrogen (secondary N) is 1. The Bertz CT molecular complexity index is 940. The fourth-order valence-corrected chi connectivity index (χ4v) is 3.28. The smallest absolute Gasteiger partial charge is 0.152 e. The summed E-state index contributed by atoms with van der Waals surface area (Å²) < 4.78 is 29.3. The maximum Gasteiger partial charge on any atom is 0.152 e. The van der Waals surface area contributed by atoms with Gasteiger partial charge in [0, 0.05) is 22.6 Å². The number of H-pyrrole nitrogens is 1. The highest BCUT2D eigenvalue weighted by Crippen LogP contribution is 2.48. The summed E-state index contributed by atoms with van der Waals surface area (Å²) in [5, 5.41) is 9.58. The number of aromatic amines is 1. The van der Waals surface area contributed by atoms with E-state index >= 15 is 0 Å². The molecule has 4 rings (SSSR count). The zero-order valence-corrected chi connectivity index (χ0v) is 12.8. The lowest BCUT2D eigenvalue weighted by molar-refractivity contribution is 0.112. The topological polar surface area (TPSA) is 53.1 Å². The van der Waals surface area contributed by atoms with E-state index in [1.54, 1.807) is 24.3 Å². The first-order valence-corrected chi connectivity index (χ1v) is 7.76. The highest BCUT2D eigenvalue weighted by atomic mass is 19.1. The molecule has 3 aromatic rings. The van der Waals surface area contributed by atoms with Crippen molar-refractivity contribution in [2.24, 2.45) is 0 Å². The van der Waals surface area contributed by atoms with Crippen molar-refractivity contribution < 1.29 is 18.7 Å². The quantitative estimate of drug-likeness (QED) is 0.713. The van der Waals surface area contributed by atoms with Gasteiger partial charge in [-0.25, -0.2) is 8.78 Å². The highest BCUT2D eigenvalue weighted by molar-refractivity contribution is 5.99. The Hall–Kier alpha value is -2.53. The summed E-state index contributed by atoms with van der Waals surface area (Å²) in [6.07, 6.45) is 3.75. The maximum atomic E-state index is 14.9. The molecule has 1 aromatic heterocycles. The van der Waals surface area contributed by atoms with Gasteiger partial charge in [0.2, 0.25) is 0 Å². The van der Waals surface area contributed by atoms with Crippen LogP contribution in [0, 0.1) is 11.6 Å². The summed E-state index contributed by atoms with van der Waals surface area (Å²) in [6.45, 7) is 0.0765. The number of hydrogen-bond donors (Lipinski definition) is 2. The molecule has 1 heterocycles. The van der Waals surface area contributed by atoms with Crippen LogP contribution in [0.2, 0.25) is 0 Å². The van der Waals surface area contributed by atoms with Gasteiger partial charge in [-0.3, -0.25) is 4.79 Å². The van der Waals surface area contributed by atoms with E-state index in [0.29, 0.717) is 11.8 Å². The summed E-state index contributed by atoms with van der Waals surface area (Å²) in [5.41, 5.74) is 1.46. The second kappa shape index (κ2) is 5.24. The Morgan fingerprint density at radius 1 is 1.21 bits per heavy atom. The van der Waals surface area contributed by atoms with Crippen molar-refractivity contribution in [3.63, 3.8) is 0 Å². The number of carbonyl (C=O) groups excluding carboxylic acids is 1. The molecule has 0 unspecified atom stereocenters. The van der Waals surface area contributed by atoms with E-state index in [2.05, 4.69) is 4.98 Å². The maximum absolute atomic E-state index is 14.9. The molecule has 1 fully saturated rings. The van der Waals surface area contributed by atoms with Gasteiger partial charge in [-0.2, -0.15) is 0 Å². The van der Waals surface area contributed by atoms with Crippen molar-refractivity contribution in [2.75, 3.05) is 6.61 Å². The Balaban J connectivity index is 1.85. The monoisotopic (exact) mass is 327 g/mol. The molecule has 1 saturated carbocycles. The molecule has 0 saturated heterocycles. The van der Waals surface area contributed by atoms with Gasteiger partial charge < -0.3 is 10.1 Å². The summed E-state index contributed by atoms with van der Waals surface area (Å²) in [5.74, 6) is -1.43. The van der Waals surface area contributed by atoms with Crippen molar-refractivity contribution in [1.29, 1.82) is 0 Å². The van der Waals surface area contributed by atoms with Crippen LogP contribution in [0.5, 0.6) is 0 Å². The van der Waals surface area contributed by atoms with Gasteiger partial charge in [-0.1, -0.05) is 24.3 Å². The molecule has 0 spiro atoms. The molecular formula is C19H15F2NO2. The van der Waals surface area contributed by atoms with Crippen LogP contribution in [0.3, 0.4) is 0 Å². The van der Waals surface area contributed by atoms with Crippen LogP contribution in [0.4, 0.5) is 8.78 Å². The minimum atomic E-state index is -0.746. The first-order chi connectivity index (χ1) is 11.6. The van der Waals surface area contributed by atoms with Gasteiger partial charge in [0.1, 0.15) is 11.6 Å². The third-order valence-corrected chi connectivity index (χ3v) is 4.96. The average molecular weight is 327 g/mol. The number of benzene rings is 2. The third kappa shape index (κ3) is 2.08. The molecule has 2 N–H and O–H groups in total. The molecule has 3 nitrogen and oxygen atoms in total. The van der Waals surface area contributed by atoms with Gasteiger partial charge in [-0.05, 0) is 30.0 Å². The van der Waals surface area contributed by atoms with Gasteiger partial charge in [0.15, 0.2) is 6.29 Å². The molecule has 0 aliphatic heterocycles. The number of aliphatic hydroxyl groups excluding tert-OH is 1. The van der Waals surface area contributed by atoms with Crippen LogP contribution in [-0.4, -0.2) is 23.0 Å². The molecule has 1 aliphatic rings. The summed E-state index contributed by atoms with van der Waals surface area (Å²) in [6, 6.07) is 8.13. The lowest BCUT2D eigenvalue weighted by Gasteiger charge is -2.13. The summed E-state index contributed by atoms with van der Waals surface area (Å²) >= 11 is 0. The van der Waals surface area contributed by atoms with Crippen molar-refractivity contribution in [3.05, 3.63) is 59.3 Å². The molecule has 24 heavy (non-hydrogen) atoms. The minimum Gasteiger partial charge on any atom is -0.395 e. The first kappa shape index (κ1) is 15.0. The van der Waals surface area contributed by atoms with E-state index in [9.17, 15) is 18.7 Å². The Morgan fingerprint density at radius 3 is 2.50 bits per heavy atom. The van der Waals surface area contributed by atoms with E-state index < -0.39 is 11.6 Å². The second-order valence-corrected chi connectivity index (χ2v) is 6.35. The fraction of sp³-hybridized carbons (Fsp3) is 0.211. The normalized spacial score (nSPS) is 15.6. The zero-order chi connectivity index (χ0) is 16.9. The largest absolute Gasteiger partial charge is 0.395 e. The molecule has 0 bridgehead atoms. The third-order valence-electron chi connectivity index (χ3n) is 4.96. The number of aliphatic hydroxyl groups is 1. The molecule has 5 heteroatoms. The number of hydrogen-bond acceptors (Lipinski definition) is 2. The van der Waals surface area contributed by atoms with Crippen LogP contribution in [-0.2, 0) is 5.41 Å². The van der Waals surface area contributed by atoms with Gasteiger partial charge in [0.05, 0.1) is 17.7 Å². The van der Waals surface area contributed by atoms with Crippen LogP contribution in [0.15, 0.2) is 36.5 Å². The fourth-order valence-electron chi connectivity index (χ4n) is 3.28. The highest BCUT2D eigenvalue weighted by Gasteiger charge is 2.43. The van der Waals surface area contributed by atoms with Crippen molar-refractivity contribution >= 4 is 17.2 Å². The van der Waals surface area contributed by atoms with E-state index in [1.807, 2.05) is 0 Å². The van der Waals surface area contributed by atoms with Crippen molar-refractivity contribution in [1.82, 2.24) is 4.98 Å². The predicted molar refractivity (Wildman–Crippen MR) is 87.0 cm³/mol. The Labute approximate surface area is 136 Å². The molecule has 0 amide bonds. The number of aldehydes is 1. The number of carbonyl (C=O) groups is 1. The molecule has 2 aromatic carbocycles. The van der Waals surface area contributed by atoms with E-state index in [1.165, 1.54) is 12.3 Å². The Morgan fingerprint density at radius 2 is 1.92 bits per heavy atom. The number of halogens is 2. The average Bonchev–Trinajstić information content (AvgIpc) is 3.29.